The molecule has 0 spiro atoms. The van der Waals surface area contributed by atoms with Gasteiger partial charge < -0.3 is 19.8 Å². The van der Waals surface area contributed by atoms with Crippen molar-refractivity contribution in [2.24, 2.45) is 5.92 Å². The third kappa shape index (κ3) is 3.76. The van der Waals surface area contributed by atoms with Gasteiger partial charge in [0.1, 0.15) is 6.54 Å². The molecule has 1 saturated carbocycles. The molecule has 3 fully saturated rings. The third-order valence-electron chi connectivity index (χ3n) is 4.99. The zero-order valence-electron chi connectivity index (χ0n) is 13.4. The minimum Gasteiger partial charge on any atom is -0.480 e. The number of carbonyl (C=O) groups is 3. The van der Waals surface area contributed by atoms with Crippen LogP contribution < -0.4 is 0 Å². The zero-order valence-corrected chi connectivity index (χ0v) is 13.4. The van der Waals surface area contributed by atoms with E-state index >= 15 is 0 Å². The van der Waals surface area contributed by atoms with Crippen molar-refractivity contribution in [3.8, 4) is 0 Å². The van der Waals surface area contributed by atoms with Gasteiger partial charge >= 0.3 is 12.0 Å². The fraction of sp³-hybridized carbons (Fsp3) is 0.812. The van der Waals surface area contributed by atoms with Gasteiger partial charge in [-0.1, -0.05) is 0 Å². The largest absolute Gasteiger partial charge is 0.480 e. The van der Waals surface area contributed by atoms with Gasteiger partial charge in [-0.3, -0.25) is 9.59 Å². The monoisotopic (exact) mass is 323 g/mol. The van der Waals surface area contributed by atoms with Crippen molar-refractivity contribution in [3.05, 3.63) is 0 Å². The molecule has 2 aliphatic heterocycles. The number of rotatable bonds is 4. The SMILES string of the molecule is O=C(O)CN(C(=O)C1CCCN(C(=O)N2CCCC2)C1)C1CC1. The van der Waals surface area contributed by atoms with Crippen molar-refractivity contribution < 1.29 is 19.5 Å². The summed E-state index contributed by atoms with van der Waals surface area (Å²) in [5.74, 6) is -1.31. The predicted octanol–water partition coefficient (Wildman–Crippen LogP) is 0.990. The van der Waals surface area contributed by atoms with E-state index in [1.54, 1.807) is 4.90 Å². The van der Waals surface area contributed by atoms with Crippen LogP contribution >= 0.6 is 0 Å². The zero-order chi connectivity index (χ0) is 16.4. The molecule has 0 radical (unpaired) electrons. The summed E-state index contributed by atoms with van der Waals surface area (Å²) in [7, 11) is 0. The second-order valence-corrected chi connectivity index (χ2v) is 6.85. The number of aliphatic carboxylic acids is 1. The fourth-order valence-corrected chi connectivity index (χ4v) is 3.61. The number of carboxylic acid groups (broad SMARTS) is 1. The van der Waals surface area contributed by atoms with Crippen LogP contribution in [0.3, 0.4) is 0 Å². The Morgan fingerprint density at radius 3 is 2.22 bits per heavy atom. The molecule has 2 saturated heterocycles. The molecule has 0 aromatic heterocycles. The molecule has 23 heavy (non-hydrogen) atoms. The molecular weight excluding hydrogens is 298 g/mol. The highest BCUT2D eigenvalue weighted by Crippen LogP contribution is 2.30. The summed E-state index contributed by atoms with van der Waals surface area (Å²) in [6.45, 7) is 2.51. The highest BCUT2D eigenvalue weighted by atomic mass is 16.4. The van der Waals surface area contributed by atoms with Gasteiger partial charge in [0, 0.05) is 32.2 Å². The van der Waals surface area contributed by atoms with Crippen LogP contribution in [0.5, 0.6) is 0 Å². The van der Waals surface area contributed by atoms with Crippen molar-refractivity contribution in [1.29, 1.82) is 0 Å². The van der Waals surface area contributed by atoms with Gasteiger partial charge in [-0.05, 0) is 38.5 Å². The maximum Gasteiger partial charge on any atom is 0.323 e. The summed E-state index contributed by atoms with van der Waals surface area (Å²) in [5, 5.41) is 9.03. The highest BCUT2D eigenvalue weighted by Gasteiger charge is 2.39. The Balaban J connectivity index is 1.61. The molecule has 2 heterocycles. The number of urea groups is 1. The lowest BCUT2D eigenvalue weighted by Gasteiger charge is -2.36. The molecule has 128 valence electrons. The van der Waals surface area contributed by atoms with E-state index in [-0.39, 0.29) is 30.4 Å². The maximum atomic E-state index is 12.7. The van der Waals surface area contributed by atoms with E-state index < -0.39 is 5.97 Å². The van der Waals surface area contributed by atoms with E-state index in [2.05, 4.69) is 0 Å². The molecule has 3 aliphatic rings. The first-order valence-corrected chi connectivity index (χ1v) is 8.62. The third-order valence-corrected chi connectivity index (χ3v) is 4.99. The average Bonchev–Trinajstić information content (AvgIpc) is 3.24. The summed E-state index contributed by atoms with van der Waals surface area (Å²) in [6, 6.07) is 0.125. The Morgan fingerprint density at radius 2 is 1.61 bits per heavy atom. The molecule has 3 rings (SSSR count). The second kappa shape index (κ2) is 6.76. The molecule has 1 unspecified atom stereocenters. The van der Waals surface area contributed by atoms with Crippen LogP contribution in [0.1, 0.15) is 38.5 Å². The Kier molecular flexibility index (Phi) is 4.73. The lowest BCUT2D eigenvalue weighted by atomic mass is 9.96. The van der Waals surface area contributed by atoms with Crippen LogP contribution in [-0.4, -0.2) is 76.5 Å². The molecule has 1 atom stereocenters. The van der Waals surface area contributed by atoms with Crippen LogP contribution in [0.25, 0.3) is 0 Å². The van der Waals surface area contributed by atoms with Crippen LogP contribution in [-0.2, 0) is 9.59 Å². The van der Waals surface area contributed by atoms with Gasteiger partial charge in [-0.2, -0.15) is 0 Å². The molecule has 0 aromatic rings. The molecule has 1 aliphatic carbocycles. The Hall–Kier alpha value is -1.79. The van der Waals surface area contributed by atoms with Crippen LogP contribution in [0.4, 0.5) is 4.79 Å². The normalized spacial score (nSPS) is 24.6. The van der Waals surface area contributed by atoms with E-state index in [1.807, 2.05) is 4.90 Å². The predicted molar refractivity (Wildman–Crippen MR) is 82.9 cm³/mol. The van der Waals surface area contributed by atoms with E-state index in [0.717, 1.165) is 51.6 Å². The molecule has 3 amide bonds. The second-order valence-electron chi connectivity index (χ2n) is 6.85. The van der Waals surface area contributed by atoms with Gasteiger partial charge in [0.15, 0.2) is 0 Å². The van der Waals surface area contributed by atoms with Gasteiger partial charge in [0.05, 0.1) is 5.92 Å². The molecule has 7 heteroatoms. The Morgan fingerprint density at radius 1 is 0.957 bits per heavy atom. The summed E-state index contributed by atoms with van der Waals surface area (Å²) in [5.41, 5.74) is 0. The average molecular weight is 323 g/mol. The summed E-state index contributed by atoms with van der Waals surface area (Å²) in [6.07, 6.45) is 5.43. The van der Waals surface area contributed by atoms with Crippen LogP contribution in [0.15, 0.2) is 0 Å². The highest BCUT2D eigenvalue weighted by molar-refractivity contribution is 5.84. The summed E-state index contributed by atoms with van der Waals surface area (Å²) < 4.78 is 0. The molecular formula is C16H25N3O4. The standard InChI is InChI=1S/C16H25N3O4/c20-14(21)11-19(13-5-6-13)15(22)12-4-3-9-18(10-12)16(23)17-7-1-2-8-17/h12-13H,1-11H2,(H,20,21). The first kappa shape index (κ1) is 16.1. The minimum absolute atomic E-state index is 0.0382. The number of piperidine rings is 1. The summed E-state index contributed by atoms with van der Waals surface area (Å²) in [4.78, 5) is 41.4. The Labute approximate surface area is 136 Å². The van der Waals surface area contributed by atoms with Crippen molar-refractivity contribution in [1.82, 2.24) is 14.7 Å². The van der Waals surface area contributed by atoms with Gasteiger partial charge in [0.2, 0.25) is 5.91 Å². The van der Waals surface area contributed by atoms with Crippen molar-refractivity contribution in [2.75, 3.05) is 32.7 Å². The van der Waals surface area contributed by atoms with Crippen LogP contribution in [0.2, 0.25) is 0 Å². The molecule has 0 aromatic carbocycles. The quantitative estimate of drug-likeness (QED) is 0.836. The van der Waals surface area contributed by atoms with Crippen molar-refractivity contribution in [2.45, 2.75) is 44.6 Å². The van der Waals surface area contributed by atoms with Crippen molar-refractivity contribution >= 4 is 17.9 Å². The van der Waals surface area contributed by atoms with E-state index in [1.165, 1.54) is 4.90 Å². The first-order valence-electron chi connectivity index (χ1n) is 8.62. The van der Waals surface area contributed by atoms with Gasteiger partial charge in [0.25, 0.3) is 0 Å². The van der Waals surface area contributed by atoms with E-state index in [4.69, 9.17) is 5.11 Å². The molecule has 7 nitrogen and oxygen atoms in total. The number of hydrogen-bond donors (Lipinski definition) is 1. The van der Waals surface area contributed by atoms with Crippen LogP contribution in [0, 0.1) is 5.92 Å². The Bertz CT molecular complexity index is 486. The maximum absolute atomic E-state index is 12.7. The number of hydrogen-bond acceptors (Lipinski definition) is 3. The van der Waals surface area contributed by atoms with E-state index in [0.29, 0.717) is 13.1 Å². The summed E-state index contributed by atoms with van der Waals surface area (Å²) >= 11 is 0. The minimum atomic E-state index is -0.967. The lowest BCUT2D eigenvalue weighted by molar-refractivity contribution is -0.147. The smallest absolute Gasteiger partial charge is 0.323 e. The van der Waals surface area contributed by atoms with Gasteiger partial charge in [-0.25, -0.2) is 4.79 Å². The first-order chi connectivity index (χ1) is 11.1. The number of amides is 3. The van der Waals surface area contributed by atoms with Crippen molar-refractivity contribution in [3.63, 3.8) is 0 Å². The molecule has 1 N–H and O–H groups in total. The number of carbonyl (C=O) groups excluding carboxylic acids is 2. The number of likely N-dealkylation sites (tertiary alicyclic amines) is 2. The van der Waals surface area contributed by atoms with E-state index in [9.17, 15) is 14.4 Å². The fourth-order valence-electron chi connectivity index (χ4n) is 3.61. The lowest BCUT2D eigenvalue weighted by Crippen LogP contribution is -2.51. The topological polar surface area (TPSA) is 81.2 Å². The number of carboxylic acids is 1. The van der Waals surface area contributed by atoms with Gasteiger partial charge in [-0.15, -0.1) is 0 Å². The molecule has 0 bridgehead atoms. The number of nitrogens with zero attached hydrogens (tertiary/aromatic N) is 3.